The minimum Gasteiger partial charge on any atom is -0.493 e. The molecule has 2 aromatic carbocycles. The molecule has 5 aromatic rings. The third-order valence-corrected chi connectivity index (χ3v) is 4.85. The molecule has 3 aromatic heterocycles. The van der Waals surface area contributed by atoms with Crippen LogP contribution in [-0.2, 0) is 0 Å². The van der Waals surface area contributed by atoms with E-state index in [9.17, 15) is 5.11 Å². The lowest BCUT2D eigenvalue weighted by Crippen LogP contribution is -1.87. The third-order valence-electron chi connectivity index (χ3n) is 4.61. The van der Waals surface area contributed by atoms with Crippen molar-refractivity contribution in [2.75, 3.05) is 0 Å². The molecule has 0 fully saturated rings. The van der Waals surface area contributed by atoms with Crippen LogP contribution in [0.15, 0.2) is 83.2 Å². The van der Waals surface area contributed by atoms with Gasteiger partial charge in [-0.25, -0.2) is 9.97 Å². The van der Waals surface area contributed by atoms with Gasteiger partial charge in [0.05, 0.1) is 5.52 Å². The Labute approximate surface area is 170 Å². The molecule has 0 atom stereocenters. The highest BCUT2D eigenvalue weighted by molar-refractivity contribution is 6.31. The number of fused-ring (bicyclic) bond motifs is 2. The minimum absolute atomic E-state index is 0.0776. The first-order chi connectivity index (χ1) is 14.2. The monoisotopic (exact) mass is 399 g/mol. The lowest BCUT2D eigenvalue weighted by Gasteiger charge is -2.06. The molecule has 0 aliphatic carbocycles. The topological polar surface area (TPSA) is 86.5 Å². The van der Waals surface area contributed by atoms with Crippen LogP contribution in [0.5, 0.6) is 5.88 Å². The standard InChI is InChI=1S/C22H14ClN5O/c23-15-8-9-18-17(12-15)19(22(29)25-18)27-28-21-16(13-5-2-1-3-6-13)11-14-7-4-10-24-20(14)26-21/h1-12,25,29H. The van der Waals surface area contributed by atoms with Gasteiger partial charge in [0, 0.05) is 27.6 Å². The lowest BCUT2D eigenvalue weighted by molar-refractivity contribution is 0.459. The zero-order valence-electron chi connectivity index (χ0n) is 15.0. The van der Waals surface area contributed by atoms with Crippen molar-refractivity contribution < 1.29 is 5.11 Å². The highest BCUT2D eigenvalue weighted by Crippen LogP contribution is 2.39. The molecular formula is C22H14ClN5O. The van der Waals surface area contributed by atoms with Crippen LogP contribution in [0.4, 0.5) is 11.5 Å². The average molecular weight is 400 g/mol. The zero-order chi connectivity index (χ0) is 19.8. The number of pyridine rings is 2. The molecule has 0 unspecified atom stereocenters. The van der Waals surface area contributed by atoms with E-state index in [0.29, 0.717) is 27.6 Å². The van der Waals surface area contributed by atoms with E-state index < -0.39 is 0 Å². The van der Waals surface area contributed by atoms with Gasteiger partial charge in [-0.05, 0) is 42.0 Å². The molecule has 7 heteroatoms. The molecule has 3 heterocycles. The van der Waals surface area contributed by atoms with E-state index in [0.717, 1.165) is 22.0 Å². The molecule has 2 N–H and O–H groups in total. The molecule has 0 aliphatic rings. The van der Waals surface area contributed by atoms with E-state index in [-0.39, 0.29) is 5.88 Å². The van der Waals surface area contributed by atoms with Gasteiger partial charge in [0.1, 0.15) is 0 Å². The maximum absolute atomic E-state index is 10.3. The van der Waals surface area contributed by atoms with E-state index in [4.69, 9.17) is 11.6 Å². The number of nitrogens with one attached hydrogen (secondary N) is 1. The molecule has 0 saturated carbocycles. The Morgan fingerprint density at radius 1 is 0.931 bits per heavy atom. The van der Waals surface area contributed by atoms with Gasteiger partial charge in [0.25, 0.3) is 0 Å². The van der Waals surface area contributed by atoms with Crippen molar-refractivity contribution in [3.05, 3.63) is 77.9 Å². The van der Waals surface area contributed by atoms with E-state index in [2.05, 4.69) is 25.2 Å². The number of halogens is 1. The summed E-state index contributed by atoms with van der Waals surface area (Å²) in [6.07, 6.45) is 1.69. The summed E-state index contributed by atoms with van der Waals surface area (Å²) in [5.41, 5.74) is 3.40. The smallest absolute Gasteiger partial charge is 0.218 e. The average Bonchev–Trinajstić information content (AvgIpc) is 3.06. The Kier molecular flexibility index (Phi) is 4.18. The van der Waals surface area contributed by atoms with E-state index in [1.807, 2.05) is 48.5 Å². The second-order valence-electron chi connectivity index (χ2n) is 6.49. The summed E-state index contributed by atoms with van der Waals surface area (Å²) in [6, 6.07) is 20.9. The van der Waals surface area contributed by atoms with Crippen LogP contribution in [0, 0.1) is 0 Å². The Balaban J connectivity index is 1.69. The Bertz CT molecular complexity index is 1380. The summed E-state index contributed by atoms with van der Waals surface area (Å²) < 4.78 is 0. The van der Waals surface area contributed by atoms with Crippen LogP contribution < -0.4 is 0 Å². The second-order valence-corrected chi connectivity index (χ2v) is 6.92. The van der Waals surface area contributed by atoms with Crippen LogP contribution >= 0.6 is 11.6 Å². The number of aromatic hydroxyl groups is 1. The molecule has 29 heavy (non-hydrogen) atoms. The van der Waals surface area contributed by atoms with Crippen molar-refractivity contribution in [3.63, 3.8) is 0 Å². The van der Waals surface area contributed by atoms with Gasteiger partial charge in [-0.3, -0.25) is 0 Å². The third kappa shape index (κ3) is 3.19. The molecule has 5 rings (SSSR count). The van der Waals surface area contributed by atoms with Gasteiger partial charge in [0.15, 0.2) is 17.2 Å². The SMILES string of the molecule is Oc1[nH]c2ccc(Cl)cc2c1N=Nc1nc2ncccc2cc1-c1ccccc1. The lowest BCUT2D eigenvalue weighted by atomic mass is 10.1. The Morgan fingerprint density at radius 3 is 2.66 bits per heavy atom. The van der Waals surface area contributed by atoms with E-state index in [1.165, 1.54) is 0 Å². The maximum Gasteiger partial charge on any atom is 0.218 e. The summed E-state index contributed by atoms with van der Waals surface area (Å²) in [5, 5.41) is 21.1. The molecule has 0 radical (unpaired) electrons. The molecule has 140 valence electrons. The van der Waals surface area contributed by atoms with Gasteiger partial charge in [-0.2, -0.15) is 0 Å². The first-order valence-corrected chi connectivity index (χ1v) is 9.30. The molecule has 0 spiro atoms. The molecule has 0 aliphatic heterocycles. The number of rotatable bonds is 3. The Hall–Kier alpha value is -3.77. The molecule has 0 saturated heterocycles. The number of benzene rings is 2. The largest absolute Gasteiger partial charge is 0.493 e. The zero-order valence-corrected chi connectivity index (χ0v) is 15.8. The van der Waals surface area contributed by atoms with Crippen molar-refractivity contribution >= 4 is 45.0 Å². The quantitative estimate of drug-likeness (QED) is 0.337. The highest BCUT2D eigenvalue weighted by atomic mass is 35.5. The number of aromatic nitrogens is 3. The molecule has 0 bridgehead atoms. The fourth-order valence-electron chi connectivity index (χ4n) is 3.24. The summed E-state index contributed by atoms with van der Waals surface area (Å²) in [4.78, 5) is 11.8. The fraction of sp³-hybridized carbons (Fsp3) is 0. The first kappa shape index (κ1) is 17.3. The van der Waals surface area contributed by atoms with Crippen LogP contribution in [0.2, 0.25) is 5.02 Å². The van der Waals surface area contributed by atoms with Crippen molar-refractivity contribution in [1.29, 1.82) is 0 Å². The number of hydrogen-bond donors (Lipinski definition) is 2. The number of nitrogens with zero attached hydrogens (tertiary/aromatic N) is 4. The maximum atomic E-state index is 10.3. The van der Waals surface area contributed by atoms with Crippen LogP contribution in [0.1, 0.15) is 0 Å². The number of aromatic amines is 1. The Morgan fingerprint density at radius 2 is 1.79 bits per heavy atom. The van der Waals surface area contributed by atoms with Crippen molar-refractivity contribution in [2.45, 2.75) is 0 Å². The second kappa shape index (κ2) is 7.00. The van der Waals surface area contributed by atoms with Gasteiger partial charge < -0.3 is 10.1 Å². The van der Waals surface area contributed by atoms with Gasteiger partial charge >= 0.3 is 0 Å². The van der Waals surface area contributed by atoms with Gasteiger partial charge in [-0.15, -0.1) is 10.2 Å². The summed E-state index contributed by atoms with van der Waals surface area (Å²) >= 11 is 6.10. The van der Waals surface area contributed by atoms with Gasteiger partial charge in [0.2, 0.25) is 5.88 Å². The highest BCUT2D eigenvalue weighted by Gasteiger charge is 2.13. The van der Waals surface area contributed by atoms with Crippen molar-refractivity contribution in [3.8, 4) is 17.0 Å². The number of hydrogen-bond acceptors (Lipinski definition) is 5. The fourth-order valence-corrected chi connectivity index (χ4v) is 3.41. The number of azo groups is 1. The predicted octanol–water partition coefficient (Wildman–Crippen LogP) is 6.55. The minimum atomic E-state index is -0.0776. The summed E-state index contributed by atoms with van der Waals surface area (Å²) in [5.74, 6) is 0.337. The van der Waals surface area contributed by atoms with E-state index >= 15 is 0 Å². The number of H-pyrrole nitrogens is 1. The molecule has 6 nitrogen and oxygen atoms in total. The van der Waals surface area contributed by atoms with Crippen molar-refractivity contribution in [1.82, 2.24) is 15.0 Å². The van der Waals surface area contributed by atoms with Crippen LogP contribution in [-0.4, -0.2) is 20.1 Å². The summed E-state index contributed by atoms with van der Waals surface area (Å²) in [7, 11) is 0. The van der Waals surface area contributed by atoms with Crippen molar-refractivity contribution in [2.24, 2.45) is 10.2 Å². The van der Waals surface area contributed by atoms with Crippen LogP contribution in [0.3, 0.4) is 0 Å². The molecular weight excluding hydrogens is 386 g/mol. The molecule has 0 amide bonds. The van der Waals surface area contributed by atoms with E-state index in [1.54, 1.807) is 24.4 Å². The predicted molar refractivity (Wildman–Crippen MR) is 114 cm³/mol. The van der Waals surface area contributed by atoms with Crippen LogP contribution in [0.25, 0.3) is 33.1 Å². The van der Waals surface area contributed by atoms with Gasteiger partial charge in [-0.1, -0.05) is 41.9 Å². The first-order valence-electron chi connectivity index (χ1n) is 8.92. The normalized spacial score (nSPS) is 11.6. The summed E-state index contributed by atoms with van der Waals surface area (Å²) in [6.45, 7) is 0.